The molecule has 0 amide bonds. The summed E-state index contributed by atoms with van der Waals surface area (Å²) in [4.78, 5) is 19.1. The highest BCUT2D eigenvalue weighted by Gasteiger charge is 2.25. The molecule has 0 bridgehead atoms. The predicted octanol–water partition coefficient (Wildman–Crippen LogP) is 3.96. The van der Waals surface area contributed by atoms with Crippen molar-refractivity contribution in [1.82, 2.24) is 0 Å². The quantitative estimate of drug-likeness (QED) is 0.322. The van der Waals surface area contributed by atoms with Crippen molar-refractivity contribution >= 4 is 27.3 Å². The number of aromatic nitrogens is 1. The highest BCUT2D eigenvalue weighted by atomic mass is 16.7. The van der Waals surface area contributed by atoms with E-state index in [2.05, 4.69) is 6.07 Å². The van der Waals surface area contributed by atoms with Crippen molar-refractivity contribution in [1.29, 1.82) is 0 Å². The molecule has 0 spiro atoms. The van der Waals surface area contributed by atoms with Crippen LogP contribution in [0.25, 0.3) is 21.5 Å². The molecule has 3 aromatic carbocycles. The summed E-state index contributed by atoms with van der Waals surface area (Å²) in [5, 5.41) is 4.03. The van der Waals surface area contributed by atoms with Gasteiger partial charge in [-0.2, -0.15) is 0 Å². The molecule has 0 radical (unpaired) electrons. The van der Waals surface area contributed by atoms with Crippen LogP contribution in [0.3, 0.4) is 0 Å². The Morgan fingerprint density at radius 2 is 1.48 bits per heavy atom. The predicted molar refractivity (Wildman–Crippen MR) is 98.6 cm³/mol. The second-order valence-corrected chi connectivity index (χ2v) is 5.85. The lowest BCUT2D eigenvalue weighted by Gasteiger charge is -2.10. The second kappa shape index (κ2) is 6.36. The van der Waals surface area contributed by atoms with E-state index in [1.165, 1.54) is 0 Å². The molecular formula is C22H18NO2+. The molecule has 0 unspecified atom stereocenters. The van der Waals surface area contributed by atoms with Crippen LogP contribution < -0.4 is 9.57 Å². The molecule has 0 saturated carbocycles. The van der Waals surface area contributed by atoms with Gasteiger partial charge in [0.15, 0.2) is 6.61 Å². The first-order chi connectivity index (χ1) is 12.3. The van der Waals surface area contributed by atoms with E-state index in [0.717, 1.165) is 21.5 Å². The van der Waals surface area contributed by atoms with Crippen molar-refractivity contribution in [2.45, 2.75) is 6.92 Å². The first-order valence-corrected chi connectivity index (χ1v) is 8.39. The second-order valence-electron chi connectivity index (χ2n) is 5.85. The molecule has 0 N–H and O–H groups in total. The number of hydrogen-bond donors (Lipinski definition) is 0. The highest BCUT2D eigenvalue weighted by Crippen LogP contribution is 2.29. The van der Waals surface area contributed by atoms with Gasteiger partial charge in [0.1, 0.15) is 0 Å². The molecule has 0 atom stereocenters. The zero-order valence-electron chi connectivity index (χ0n) is 14.0. The van der Waals surface area contributed by atoms with E-state index < -0.39 is 0 Å². The molecule has 0 aliphatic heterocycles. The van der Waals surface area contributed by atoms with Gasteiger partial charge in [-0.15, -0.1) is 0 Å². The number of nitrogens with zero attached hydrogens (tertiary/aromatic N) is 1. The van der Waals surface area contributed by atoms with E-state index in [1.807, 2.05) is 67.6 Å². The maximum Gasteiger partial charge on any atom is 0.305 e. The summed E-state index contributed by atoms with van der Waals surface area (Å²) in [6.07, 6.45) is 1.77. The van der Waals surface area contributed by atoms with Gasteiger partial charge in [-0.1, -0.05) is 48.5 Å². The molecule has 0 saturated heterocycles. The molecule has 3 nitrogen and oxygen atoms in total. The Morgan fingerprint density at radius 3 is 2.12 bits per heavy atom. The first kappa shape index (κ1) is 15.3. The molecule has 1 aromatic heterocycles. The van der Waals surface area contributed by atoms with E-state index in [9.17, 15) is 4.79 Å². The summed E-state index contributed by atoms with van der Waals surface area (Å²) in [7, 11) is 0. The minimum absolute atomic E-state index is 0.0398. The van der Waals surface area contributed by atoms with Gasteiger partial charge in [0.05, 0.1) is 0 Å². The molecule has 0 fully saturated rings. The normalized spacial score (nSPS) is 10.9. The number of pyridine rings is 1. The number of benzene rings is 3. The summed E-state index contributed by atoms with van der Waals surface area (Å²) < 4.78 is 1.55. The summed E-state index contributed by atoms with van der Waals surface area (Å²) >= 11 is 0. The van der Waals surface area contributed by atoms with E-state index in [-0.39, 0.29) is 5.78 Å². The lowest BCUT2D eigenvalue weighted by atomic mass is 9.93. The van der Waals surface area contributed by atoms with Gasteiger partial charge in [0.25, 0.3) is 5.78 Å². The Labute approximate surface area is 146 Å². The van der Waals surface area contributed by atoms with Gasteiger partial charge in [-0.05, 0) is 40.6 Å². The van der Waals surface area contributed by atoms with Crippen LogP contribution in [-0.4, -0.2) is 12.4 Å². The van der Waals surface area contributed by atoms with E-state index in [4.69, 9.17) is 4.84 Å². The number of rotatable bonds is 4. The maximum atomic E-state index is 13.5. The third-order valence-electron chi connectivity index (χ3n) is 4.32. The Morgan fingerprint density at radius 1 is 0.880 bits per heavy atom. The smallest absolute Gasteiger partial charge is 0.282 e. The average molecular weight is 328 g/mol. The lowest BCUT2D eigenvalue weighted by molar-refractivity contribution is -0.891. The summed E-state index contributed by atoms with van der Waals surface area (Å²) in [5.74, 6) is -0.0398. The molecule has 4 aromatic rings. The van der Waals surface area contributed by atoms with Crippen molar-refractivity contribution in [3.05, 3.63) is 90.3 Å². The highest BCUT2D eigenvalue weighted by molar-refractivity contribution is 6.23. The number of fused-ring (bicyclic) bond motifs is 2. The Hall–Kier alpha value is -3.20. The first-order valence-electron chi connectivity index (χ1n) is 8.39. The van der Waals surface area contributed by atoms with Crippen molar-refractivity contribution < 1.29 is 14.4 Å². The number of carbonyl (C=O) groups is 1. The molecular weight excluding hydrogens is 310 g/mol. The topological polar surface area (TPSA) is 30.2 Å². The summed E-state index contributed by atoms with van der Waals surface area (Å²) in [6.45, 7) is 2.40. The van der Waals surface area contributed by atoms with Crippen LogP contribution in [0.15, 0.2) is 79.0 Å². The Balaban J connectivity index is 2.03. The van der Waals surface area contributed by atoms with Crippen LogP contribution in [-0.2, 0) is 0 Å². The summed E-state index contributed by atoms with van der Waals surface area (Å²) in [6, 6.07) is 23.7. The van der Waals surface area contributed by atoms with Crippen LogP contribution >= 0.6 is 0 Å². The zero-order valence-corrected chi connectivity index (χ0v) is 14.0. The van der Waals surface area contributed by atoms with Crippen LogP contribution in [0, 0.1) is 0 Å². The minimum atomic E-state index is -0.0398. The molecule has 3 heteroatoms. The third-order valence-corrected chi connectivity index (χ3v) is 4.32. The standard InChI is InChI=1S/C22H18NO2/c1-2-25-23-14-8-7-13-20(23)22(24)21-18-11-5-3-9-16(18)15-17-10-4-6-12-19(17)21/h3-15H,2H2,1H3/q+1. The van der Waals surface area contributed by atoms with Gasteiger partial charge in [-0.25, -0.2) is 0 Å². The summed E-state index contributed by atoms with van der Waals surface area (Å²) in [5.41, 5.74) is 1.24. The van der Waals surface area contributed by atoms with E-state index >= 15 is 0 Å². The van der Waals surface area contributed by atoms with E-state index in [0.29, 0.717) is 17.9 Å². The van der Waals surface area contributed by atoms with Crippen LogP contribution in [0.1, 0.15) is 23.0 Å². The fourth-order valence-electron chi connectivity index (χ4n) is 3.24. The fraction of sp³-hybridized carbons (Fsp3) is 0.0909. The SMILES string of the molecule is CCO[n+]1ccccc1C(=O)c1c2ccccc2cc2ccccc12. The van der Waals surface area contributed by atoms with Crippen molar-refractivity contribution in [3.8, 4) is 0 Å². The van der Waals surface area contributed by atoms with Crippen molar-refractivity contribution in [2.75, 3.05) is 6.61 Å². The van der Waals surface area contributed by atoms with Gasteiger partial charge in [-0.3, -0.25) is 9.63 Å². The molecule has 4 rings (SSSR count). The molecule has 25 heavy (non-hydrogen) atoms. The van der Waals surface area contributed by atoms with E-state index in [1.54, 1.807) is 17.0 Å². The molecule has 122 valence electrons. The van der Waals surface area contributed by atoms with Crippen LogP contribution in [0.5, 0.6) is 0 Å². The average Bonchev–Trinajstić information content (AvgIpc) is 2.66. The third kappa shape index (κ3) is 2.64. The van der Waals surface area contributed by atoms with Crippen LogP contribution in [0.4, 0.5) is 0 Å². The number of carbonyl (C=O) groups excluding carboxylic acids is 1. The Bertz CT molecular complexity index is 1030. The van der Waals surface area contributed by atoms with Crippen molar-refractivity contribution in [2.24, 2.45) is 0 Å². The monoisotopic (exact) mass is 328 g/mol. The number of ketones is 1. The fourth-order valence-corrected chi connectivity index (χ4v) is 3.24. The van der Waals surface area contributed by atoms with Crippen LogP contribution in [0.2, 0.25) is 0 Å². The van der Waals surface area contributed by atoms with Crippen molar-refractivity contribution in [3.63, 3.8) is 0 Å². The van der Waals surface area contributed by atoms with Gasteiger partial charge < -0.3 is 0 Å². The van der Waals surface area contributed by atoms with Gasteiger partial charge in [0.2, 0.25) is 6.20 Å². The zero-order chi connectivity index (χ0) is 17.2. The number of hydrogen-bond acceptors (Lipinski definition) is 2. The Kier molecular flexibility index (Phi) is 3.90. The lowest BCUT2D eigenvalue weighted by Crippen LogP contribution is -2.47. The maximum absolute atomic E-state index is 13.5. The largest absolute Gasteiger partial charge is 0.305 e. The molecule has 0 aliphatic rings. The van der Waals surface area contributed by atoms with Gasteiger partial charge in [0, 0.05) is 22.4 Å². The van der Waals surface area contributed by atoms with Gasteiger partial charge >= 0.3 is 5.69 Å². The molecule has 0 aliphatic carbocycles. The minimum Gasteiger partial charge on any atom is -0.282 e. The molecule has 1 heterocycles.